The first-order chi connectivity index (χ1) is 22.1. The molecule has 5 rings (SSSR count). The highest BCUT2D eigenvalue weighted by molar-refractivity contribution is 8.00. The summed E-state index contributed by atoms with van der Waals surface area (Å²) in [6.45, 7) is 3.66. The molecular weight excluding hydrogens is 630 g/mol. The highest BCUT2D eigenvalue weighted by atomic mass is 32.2. The van der Waals surface area contributed by atoms with Crippen LogP contribution in [-0.4, -0.2) is 121 Å². The Hall–Kier alpha value is -3.39. The second-order valence-corrected chi connectivity index (χ2v) is 12.0. The first-order valence-corrected chi connectivity index (χ1v) is 15.2. The van der Waals surface area contributed by atoms with Crippen molar-refractivity contribution in [1.82, 2.24) is 30.0 Å². The molecular formula is C29H34F2N6O8S. The van der Waals surface area contributed by atoms with Crippen molar-refractivity contribution in [2.75, 3.05) is 13.2 Å². The zero-order valence-electron chi connectivity index (χ0n) is 24.4. The van der Waals surface area contributed by atoms with Gasteiger partial charge in [0.1, 0.15) is 82.6 Å². The van der Waals surface area contributed by atoms with Gasteiger partial charge in [0.05, 0.1) is 25.6 Å². The summed E-state index contributed by atoms with van der Waals surface area (Å²) < 4.78 is 41.3. The summed E-state index contributed by atoms with van der Waals surface area (Å²) in [6, 6.07) is 3.21. The van der Waals surface area contributed by atoms with E-state index < -0.39 is 84.4 Å². The number of aliphatic hydroxyl groups is 6. The minimum atomic E-state index is -1.53. The molecule has 2 saturated heterocycles. The normalized spacial score (nSPS) is 32.2. The molecule has 3 aromatic rings. The van der Waals surface area contributed by atoms with E-state index >= 15 is 0 Å². The van der Waals surface area contributed by atoms with Crippen molar-refractivity contribution in [3.63, 3.8) is 0 Å². The second kappa shape index (κ2) is 14.6. The topological polar surface area (TPSA) is 201 Å². The number of allylic oxidation sites excluding steroid dienone is 5. The maximum Gasteiger partial charge on any atom is 0.134 e. The van der Waals surface area contributed by atoms with Crippen molar-refractivity contribution in [2.24, 2.45) is 0 Å². The lowest BCUT2D eigenvalue weighted by Crippen LogP contribution is -2.58. The Morgan fingerprint density at radius 3 is 2.07 bits per heavy atom. The van der Waals surface area contributed by atoms with Crippen LogP contribution in [0, 0.1) is 5.82 Å². The van der Waals surface area contributed by atoms with Gasteiger partial charge in [0.15, 0.2) is 0 Å². The molecule has 2 aliphatic heterocycles. The minimum absolute atomic E-state index is 0.214. The van der Waals surface area contributed by atoms with E-state index in [-0.39, 0.29) is 11.4 Å². The highest BCUT2D eigenvalue weighted by Gasteiger charge is 2.51. The number of ether oxygens (including phenoxy) is 2. The fourth-order valence-corrected chi connectivity index (χ4v) is 6.75. The molecule has 0 aliphatic carbocycles. The van der Waals surface area contributed by atoms with Crippen molar-refractivity contribution < 1.29 is 48.9 Å². The molecule has 248 valence electrons. The van der Waals surface area contributed by atoms with Crippen molar-refractivity contribution >= 4 is 17.3 Å². The number of benzene rings is 1. The molecule has 0 bridgehead atoms. The average molecular weight is 665 g/mol. The first kappa shape index (κ1) is 34.0. The average Bonchev–Trinajstić information content (AvgIpc) is 3.70. The van der Waals surface area contributed by atoms with E-state index in [2.05, 4.69) is 27.2 Å². The third-order valence-corrected chi connectivity index (χ3v) is 8.99. The van der Waals surface area contributed by atoms with Gasteiger partial charge in [-0.1, -0.05) is 53.1 Å². The van der Waals surface area contributed by atoms with Gasteiger partial charge in [0, 0.05) is 11.1 Å². The lowest BCUT2D eigenvalue weighted by molar-refractivity contribution is -0.189. The van der Waals surface area contributed by atoms with Crippen LogP contribution in [0.5, 0.6) is 0 Å². The van der Waals surface area contributed by atoms with Crippen molar-refractivity contribution in [3.8, 4) is 11.3 Å². The third kappa shape index (κ3) is 6.97. The summed E-state index contributed by atoms with van der Waals surface area (Å²) in [6.07, 6.45) is -1.22. The van der Waals surface area contributed by atoms with Gasteiger partial charge in [0.2, 0.25) is 0 Å². The number of aromatic nitrogens is 6. The van der Waals surface area contributed by atoms with Crippen LogP contribution < -0.4 is 0 Å². The largest absolute Gasteiger partial charge is 0.394 e. The minimum Gasteiger partial charge on any atom is -0.394 e. The van der Waals surface area contributed by atoms with Gasteiger partial charge < -0.3 is 40.1 Å². The monoisotopic (exact) mass is 664 g/mol. The Morgan fingerprint density at radius 2 is 1.52 bits per heavy atom. The molecule has 6 unspecified atom stereocenters. The zero-order valence-corrected chi connectivity index (χ0v) is 25.3. The SMILES string of the molecule is C=C(F)/C=C(\C=C/C)c1cn(C2C(O)[C@@H](CO)OC(S[C@@H]3OC(CO)[C@H](O)C(n4cc(-c5cccc(F)c5)nn4)C3O)[C@@H]2O)nn1. The third-order valence-electron chi connectivity index (χ3n) is 7.67. The maximum absolute atomic E-state index is 13.8. The second-order valence-electron chi connectivity index (χ2n) is 10.8. The predicted octanol–water partition coefficient (Wildman–Crippen LogP) is 0.512. The number of nitrogens with zero attached hydrogens (tertiary/aromatic N) is 6. The Morgan fingerprint density at radius 1 is 0.935 bits per heavy atom. The molecule has 0 radical (unpaired) electrons. The molecule has 2 fully saturated rings. The summed E-state index contributed by atoms with van der Waals surface area (Å²) in [5, 5.41) is 80.9. The van der Waals surface area contributed by atoms with Crippen LogP contribution in [0.1, 0.15) is 24.7 Å². The molecule has 4 heterocycles. The van der Waals surface area contributed by atoms with Crippen LogP contribution >= 0.6 is 11.8 Å². The van der Waals surface area contributed by atoms with Crippen LogP contribution in [-0.2, 0) is 9.47 Å². The number of hydrogen-bond acceptors (Lipinski definition) is 13. The quantitative estimate of drug-likeness (QED) is 0.164. The van der Waals surface area contributed by atoms with Crippen LogP contribution in [0.25, 0.3) is 16.8 Å². The maximum atomic E-state index is 13.8. The van der Waals surface area contributed by atoms with Crippen LogP contribution in [0.3, 0.4) is 0 Å². The Bertz CT molecular complexity index is 1570. The standard InChI is InChI=1S/C29H34F2N6O8S/c1-3-5-15(8-14(2)30)18-10-36(34-32-18)22-24(40)20(12-38)44-28(26(22)42)46-29-27(43)23(25(41)21(13-39)45-29)37-11-19(33-35-37)16-6-4-7-17(31)9-16/h3-11,20-29,38-43H,2,12-13H2,1H3/b5-3-,15-8+/t20-,21?,22?,23?,24?,25+,26-,27?,28?,29+/m1/s1. The Kier molecular flexibility index (Phi) is 10.8. The molecule has 6 N–H and O–H groups in total. The lowest BCUT2D eigenvalue weighted by Gasteiger charge is -2.46. The molecule has 0 saturated carbocycles. The van der Waals surface area contributed by atoms with Gasteiger partial charge in [-0.15, -0.1) is 10.2 Å². The van der Waals surface area contributed by atoms with E-state index in [9.17, 15) is 39.4 Å². The molecule has 46 heavy (non-hydrogen) atoms. The van der Waals surface area contributed by atoms with Gasteiger partial charge in [-0.3, -0.25) is 0 Å². The van der Waals surface area contributed by atoms with E-state index in [1.54, 1.807) is 25.1 Å². The van der Waals surface area contributed by atoms with Crippen LogP contribution in [0.4, 0.5) is 8.78 Å². The number of hydrogen-bond donors (Lipinski definition) is 6. The van der Waals surface area contributed by atoms with Crippen molar-refractivity contribution in [2.45, 2.75) is 66.5 Å². The molecule has 2 aromatic heterocycles. The predicted molar refractivity (Wildman–Crippen MR) is 160 cm³/mol. The van der Waals surface area contributed by atoms with Gasteiger partial charge in [0.25, 0.3) is 0 Å². The molecule has 1 aromatic carbocycles. The van der Waals surface area contributed by atoms with Gasteiger partial charge in [-0.2, -0.15) is 0 Å². The van der Waals surface area contributed by atoms with Gasteiger partial charge in [-0.25, -0.2) is 18.1 Å². The molecule has 0 amide bonds. The van der Waals surface area contributed by atoms with Crippen molar-refractivity contribution in [3.05, 3.63) is 78.8 Å². The number of rotatable bonds is 10. The fourth-order valence-electron chi connectivity index (χ4n) is 5.43. The number of aliphatic hydroxyl groups excluding tert-OH is 6. The van der Waals surface area contributed by atoms with E-state index in [1.807, 2.05) is 0 Å². The molecule has 10 atom stereocenters. The fraction of sp³-hybridized carbons (Fsp3) is 0.448. The molecule has 17 heteroatoms. The molecule has 14 nitrogen and oxygen atoms in total. The summed E-state index contributed by atoms with van der Waals surface area (Å²) in [5.41, 5.74) is -1.28. The van der Waals surface area contributed by atoms with Gasteiger partial charge >= 0.3 is 0 Å². The van der Waals surface area contributed by atoms with Crippen LogP contribution in [0.15, 0.2) is 67.3 Å². The zero-order chi connectivity index (χ0) is 33.1. The van der Waals surface area contributed by atoms with Crippen molar-refractivity contribution in [1.29, 1.82) is 0 Å². The Labute approximate surface area is 265 Å². The van der Waals surface area contributed by atoms with Crippen LogP contribution in [0.2, 0.25) is 0 Å². The van der Waals surface area contributed by atoms with E-state index in [0.29, 0.717) is 11.1 Å². The summed E-state index contributed by atoms with van der Waals surface area (Å²) in [4.78, 5) is 0. The first-order valence-electron chi connectivity index (χ1n) is 14.2. The summed E-state index contributed by atoms with van der Waals surface area (Å²) >= 11 is 0.786. The molecule has 0 spiro atoms. The van der Waals surface area contributed by atoms with E-state index in [4.69, 9.17) is 9.47 Å². The smallest absolute Gasteiger partial charge is 0.134 e. The highest BCUT2D eigenvalue weighted by Crippen LogP contribution is 2.42. The lowest BCUT2D eigenvalue weighted by atomic mass is 9.97. The summed E-state index contributed by atoms with van der Waals surface area (Å²) in [7, 11) is 0. The van der Waals surface area contributed by atoms with Gasteiger partial charge in [-0.05, 0) is 25.1 Å². The summed E-state index contributed by atoms with van der Waals surface area (Å²) in [5.74, 6) is -1.22. The number of halogens is 2. The Balaban J connectivity index is 1.40. The van der Waals surface area contributed by atoms with E-state index in [0.717, 1.165) is 17.8 Å². The number of thioether (sulfide) groups is 1. The van der Waals surface area contributed by atoms with E-state index in [1.165, 1.54) is 40.0 Å². The molecule has 2 aliphatic rings.